The Labute approximate surface area is 212 Å². The molecule has 202 valence electrons. The van der Waals surface area contributed by atoms with Gasteiger partial charge < -0.3 is 9.47 Å². The Hall–Kier alpha value is -1.06. The summed E-state index contributed by atoms with van der Waals surface area (Å²) >= 11 is 0. The van der Waals surface area contributed by atoms with Gasteiger partial charge in [0.15, 0.2) is 5.41 Å². The van der Waals surface area contributed by atoms with Crippen LogP contribution in [0.25, 0.3) is 0 Å². The maximum absolute atomic E-state index is 12.8. The second-order valence-electron chi connectivity index (χ2n) is 10.2. The van der Waals surface area contributed by atoms with Crippen molar-refractivity contribution in [2.75, 3.05) is 6.61 Å². The molecule has 0 saturated heterocycles. The van der Waals surface area contributed by atoms with Crippen molar-refractivity contribution in [3.63, 3.8) is 0 Å². The zero-order chi connectivity index (χ0) is 25.5. The molecule has 0 spiro atoms. The van der Waals surface area contributed by atoms with E-state index >= 15 is 0 Å². The molecule has 0 amide bonds. The molecule has 0 bridgehead atoms. The molecule has 4 heteroatoms. The molecule has 0 aromatic rings. The van der Waals surface area contributed by atoms with E-state index in [4.69, 9.17) is 9.47 Å². The number of rotatable bonds is 24. The van der Waals surface area contributed by atoms with Gasteiger partial charge >= 0.3 is 11.9 Å². The summed E-state index contributed by atoms with van der Waals surface area (Å²) in [5.74, 6) is -0.821. The van der Waals surface area contributed by atoms with Crippen LogP contribution in [0.1, 0.15) is 163 Å². The van der Waals surface area contributed by atoms with Crippen LogP contribution in [-0.2, 0) is 19.1 Å². The molecule has 0 aromatic heterocycles. The highest BCUT2D eigenvalue weighted by atomic mass is 16.6. The monoisotopic (exact) mass is 482 g/mol. The van der Waals surface area contributed by atoms with E-state index in [1.54, 1.807) is 0 Å². The first-order valence-corrected chi connectivity index (χ1v) is 14.9. The lowest BCUT2D eigenvalue weighted by Crippen LogP contribution is -2.42. The van der Waals surface area contributed by atoms with E-state index in [9.17, 15) is 9.59 Å². The second-order valence-corrected chi connectivity index (χ2v) is 10.2. The van der Waals surface area contributed by atoms with Gasteiger partial charge in [-0.25, -0.2) is 0 Å². The lowest BCUT2D eigenvalue weighted by molar-refractivity contribution is -0.176. The fourth-order valence-electron chi connectivity index (χ4n) is 4.53. The first-order chi connectivity index (χ1) is 16.5. The molecule has 0 radical (unpaired) electrons. The second kappa shape index (κ2) is 22.4. The molecule has 0 heterocycles. The molecule has 1 atom stereocenters. The molecule has 1 unspecified atom stereocenters. The average Bonchev–Trinajstić information content (AvgIpc) is 2.83. The van der Waals surface area contributed by atoms with Crippen LogP contribution in [0.15, 0.2) is 0 Å². The van der Waals surface area contributed by atoms with Crippen molar-refractivity contribution in [3.05, 3.63) is 0 Å². The summed E-state index contributed by atoms with van der Waals surface area (Å²) in [6.45, 7) is 10.4. The molecule has 0 rings (SSSR count). The third-order valence-electron chi connectivity index (χ3n) is 7.24. The van der Waals surface area contributed by atoms with Gasteiger partial charge in [0.05, 0.1) is 12.7 Å². The predicted molar refractivity (Wildman–Crippen MR) is 144 cm³/mol. The normalized spacial score (nSPS) is 12.5. The molecule has 0 saturated carbocycles. The first kappa shape index (κ1) is 32.9. The SMILES string of the molecule is CCCCCCCCCCCCCCCCCOC(=O)C(CC)(CC)C(=O)OC(C)CCCC. The molecule has 4 nitrogen and oxygen atoms in total. The molecule has 0 aliphatic rings. The summed E-state index contributed by atoms with van der Waals surface area (Å²) in [4.78, 5) is 25.6. The summed E-state index contributed by atoms with van der Waals surface area (Å²) in [5, 5.41) is 0. The Morgan fingerprint density at radius 2 is 1.00 bits per heavy atom. The Balaban J connectivity index is 3.87. The van der Waals surface area contributed by atoms with E-state index in [-0.39, 0.29) is 6.10 Å². The molecule has 34 heavy (non-hydrogen) atoms. The van der Waals surface area contributed by atoms with E-state index in [0.717, 1.165) is 32.1 Å². The van der Waals surface area contributed by atoms with Gasteiger partial charge in [0, 0.05) is 0 Å². The summed E-state index contributed by atoms with van der Waals surface area (Å²) < 4.78 is 11.2. The zero-order valence-electron chi connectivity index (χ0n) is 23.6. The molecule has 0 aliphatic carbocycles. The summed E-state index contributed by atoms with van der Waals surface area (Å²) in [5.41, 5.74) is -1.16. The number of hydrogen-bond acceptors (Lipinski definition) is 4. The predicted octanol–water partition coefficient (Wildman–Crippen LogP) is 9.33. The minimum absolute atomic E-state index is 0.159. The van der Waals surface area contributed by atoms with E-state index in [1.807, 2.05) is 20.8 Å². The van der Waals surface area contributed by atoms with Gasteiger partial charge in [-0.3, -0.25) is 9.59 Å². The minimum atomic E-state index is -1.16. The van der Waals surface area contributed by atoms with E-state index < -0.39 is 17.4 Å². The van der Waals surface area contributed by atoms with Gasteiger partial charge in [0.1, 0.15) is 0 Å². The van der Waals surface area contributed by atoms with Crippen molar-refractivity contribution < 1.29 is 19.1 Å². The van der Waals surface area contributed by atoms with Gasteiger partial charge in [0.2, 0.25) is 0 Å². The molecule has 0 N–H and O–H groups in total. The van der Waals surface area contributed by atoms with Crippen LogP contribution in [0.5, 0.6) is 0 Å². The molecule has 0 aliphatic heterocycles. The standard InChI is InChI=1S/C30H58O4/c1-6-10-12-13-14-15-16-17-18-19-20-21-22-23-24-26-33-28(31)30(8-3,9-4)29(32)34-27(5)25-11-7-2/h27H,6-26H2,1-5H3. The van der Waals surface area contributed by atoms with Gasteiger partial charge in [-0.2, -0.15) is 0 Å². The Bertz CT molecular complexity index is 484. The number of carbonyl (C=O) groups excluding carboxylic acids is 2. The van der Waals surface area contributed by atoms with Gasteiger partial charge in [-0.15, -0.1) is 0 Å². The number of hydrogen-bond donors (Lipinski definition) is 0. The van der Waals surface area contributed by atoms with Crippen LogP contribution < -0.4 is 0 Å². The molecule has 0 aromatic carbocycles. The average molecular weight is 483 g/mol. The van der Waals surface area contributed by atoms with Crippen LogP contribution in [0.2, 0.25) is 0 Å². The lowest BCUT2D eigenvalue weighted by Gasteiger charge is -2.28. The number of esters is 2. The fourth-order valence-corrected chi connectivity index (χ4v) is 4.53. The van der Waals surface area contributed by atoms with Crippen LogP contribution in [0, 0.1) is 5.41 Å². The smallest absolute Gasteiger partial charge is 0.323 e. The largest absolute Gasteiger partial charge is 0.465 e. The van der Waals surface area contributed by atoms with Crippen molar-refractivity contribution in [1.82, 2.24) is 0 Å². The fraction of sp³-hybridized carbons (Fsp3) is 0.933. The van der Waals surface area contributed by atoms with Gasteiger partial charge in [-0.05, 0) is 32.6 Å². The van der Waals surface area contributed by atoms with Crippen molar-refractivity contribution >= 4 is 11.9 Å². The van der Waals surface area contributed by atoms with Crippen molar-refractivity contribution in [3.8, 4) is 0 Å². The number of carbonyl (C=O) groups is 2. The summed E-state index contributed by atoms with van der Waals surface area (Å²) in [7, 11) is 0. The third kappa shape index (κ3) is 15.0. The maximum Gasteiger partial charge on any atom is 0.323 e. The maximum atomic E-state index is 12.8. The van der Waals surface area contributed by atoms with Gasteiger partial charge in [-0.1, -0.05) is 130 Å². The highest BCUT2D eigenvalue weighted by Crippen LogP contribution is 2.31. The van der Waals surface area contributed by atoms with Crippen molar-refractivity contribution in [1.29, 1.82) is 0 Å². The molecular formula is C30H58O4. The summed E-state index contributed by atoms with van der Waals surface area (Å²) in [6.07, 6.45) is 23.2. The van der Waals surface area contributed by atoms with Gasteiger partial charge in [0.25, 0.3) is 0 Å². The Kier molecular flexibility index (Phi) is 21.7. The quantitative estimate of drug-likeness (QED) is 0.0781. The topological polar surface area (TPSA) is 52.6 Å². The molecular weight excluding hydrogens is 424 g/mol. The minimum Gasteiger partial charge on any atom is -0.465 e. The highest BCUT2D eigenvalue weighted by molar-refractivity contribution is 6.00. The van der Waals surface area contributed by atoms with E-state index in [1.165, 1.54) is 83.5 Å². The summed E-state index contributed by atoms with van der Waals surface area (Å²) in [6, 6.07) is 0. The van der Waals surface area contributed by atoms with E-state index in [0.29, 0.717) is 19.4 Å². The number of unbranched alkanes of at least 4 members (excludes halogenated alkanes) is 15. The Morgan fingerprint density at radius 1 is 0.588 bits per heavy atom. The van der Waals surface area contributed by atoms with Crippen molar-refractivity contribution in [2.24, 2.45) is 5.41 Å². The first-order valence-electron chi connectivity index (χ1n) is 14.9. The molecule has 0 fully saturated rings. The van der Waals surface area contributed by atoms with E-state index in [2.05, 4.69) is 13.8 Å². The Morgan fingerprint density at radius 3 is 1.41 bits per heavy atom. The van der Waals surface area contributed by atoms with Crippen LogP contribution in [0.4, 0.5) is 0 Å². The number of ether oxygens (including phenoxy) is 2. The van der Waals surface area contributed by atoms with Crippen LogP contribution in [0.3, 0.4) is 0 Å². The third-order valence-corrected chi connectivity index (χ3v) is 7.24. The van der Waals surface area contributed by atoms with Crippen molar-refractivity contribution in [2.45, 2.75) is 169 Å². The van der Waals surface area contributed by atoms with Crippen LogP contribution in [-0.4, -0.2) is 24.6 Å². The zero-order valence-corrected chi connectivity index (χ0v) is 23.6. The van der Waals surface area contributed by atoms with Crippen LogP contribution >= 0.6 is 0 Å². The lowest BCUT2D eigenvalue weighted by atomic mass is 9.82. The highest BCUT2D eigenvalue weighted by Gasteiger charge is 2.46.